The number of nitro benzene ring substituents is 1. The zero-order chi connectivity index (χ0) is 18.4. The smallest absolute Gasteiger partial charge is 0.316 e. The lowest BCUT2D eigenvalue weighted by molar-refractivity contribution is -0.385. The zero-order valence-electron chi connectivity index (χ0n) is 13.4. The van der Waals surface area contributed by atoms with E-state index in [1.54, 1.807) is 0 Å². The molecule has 2 N–H and O–H groups in total. The number of thioether (sulfide) groups is 1. The second kappa shape index (κ2) is 8.29. The van der Waals surface area contributed by atoms with E-state index in [9.17, 15) is 19.7 Å². The minimum atomic E-state index is -0.763. The molecule has 0 saturated heterocycles. The van der Waals surface area contributed by atoms with Crippen molar-refractivity contribution in [2.75, 3.05) is 5.75 Å². The van der Waals surface area contributed by atoms with Gasteiger partial charge in [-0.2, -0.15) is 0 Å². The Balaban J connectivity index is 1.98. The number of hydrogen-bond acceptors (Lipinski definition) is 6. The molecule has 2 aromatic rings. The van der Waals surface area contributed by atoms with Gasteiger partial charge in [0.1, 0.15) is 6.61 Å². The average Bonchev–Trinajstić information content (AvgIpc) is 2.58. The SMILES string of the molecule is Cc1ccccc1SCC(=O)OCc1ccc(C(N)=O)cc1[N+](=O)[O-]. The second-order valence-electron chi connectivity index (χ2n) is 5.18. The molecule has 2 rings (SSSR count). The van der Waals surface area contributed by atoms with Gasteiger partial charge in [0.2, 0.25) is 5.91 Å². The van der Waals surface area contributed by atoms with Crippen LogP contribution < -0.4 is 5.73 Å². The van der Waals surface area contributed by atoms with Gasteiger partial charge in [0.25, 0.3) is 5.69 Å². The van der Waals surface area contributed by atoms with Crippen molar-refractivity contribution in [3.63, 3.8) is 0 Å². The third-order valence-electron chi connectivity index (χ3n) is 3.39. The Hall–Kier alpha value is -2.87. The Morgan fingerprint density at radius 2 is 1.96 bits per heavy atom. The monoisotopic (exact) mass is 360 g/mol. The number of amides is 1. The number of carbonyl (C=O) groups is 2. The van der Waals surface area contributed by atoms with Crippen LogP contribution in [-0.4, -0.2) is 22.6 Å². The summed E-state index contributed by atoms with van der Waals surface area (Å²) in [7, 11) is 0. The number of ether oxygens (including phenoxy) is 1. The van der Waals surface area contributed by atoms with Gasteiger partial charge in [-0.05, 0) is 30.7 Å². The van der Waals surface area contributed by atoms with Gasteiger partial charge in [0, 0.05) is 16.5 Å². The summed E-state index contributed by atoms with van der Waals surface area (Å²) in [6, 6.07) is 11.4. The molecule has 0 aliphatic carbocycles. The molecule has 0 fully saturated rings. The van der Waals surface area contributed by atoms with Crippen LogP contribution in [0.25, 0.3) is 0 Å². The molecule has 0 heterocycles. The fourth-order valence-electron chi connectivity index (χ4n) is 2.06. The lowest BCUT2D eigenvalue weighted by atomic mass is 10.1. The predicted molar refractivity (Wildman–Crippen MR) is 93.3 cm³/mol. The molecule has 0 radical (unpaired) electrons. The molecular weight excluding hydrogens is 344 g/mol. The van der Waals surface area contributed by atoms with Crippen molar-refractivity contribution in [2.45, 2.75) is 18.4 Å². The largest absolute Gasteiger partial charge is 0.460 e. The van der Waals surface area contributed by atoms with Crippen molar-refractivity contribution >= 4 is 29.3 Å². The molecule has 0 aliphatic heterocycles. The summed E-state index contributed by atoms with van der Waals surface area (Å²) in [6.07, 6.45) is 0. The van der Waals surface area contributed by atoms with E-state index in [1.807, 2.05) is 31.2 Å². The Morgan fingerprint density at radius 3 is 2.60 bits per heavy atom. The number of aryl methyl sites for hydroxylation is 1. The van der Waals surface area contributed by atoms with E-state index in [4.69, 9.17) is 10.5 Å². The molecule has 0 aliphatic rings. The third kappa shape index (κ3) is 5.05. The molecular formula is C17H16N2O5S. The van der Waals surface area contributed by atoms with Crippen molar-refractivity contribution in [3.05, 3.63) is 69.3 Å². The quantitative estimate of drug-likeness (QED) is 0.352. The van der Waals surface area contributed by atoms with E-state index in [0.717, 1.165) is 16.5 Å². The highest BCUT2D eigenvalue weighted by Gasteiger charge is 2.18. The Kier molecular flexibility index (Phi) is 6.13. The van der Waals surface area contributed by atoms with Gasteiger partial charge in [-0.1, -0.05) is 18.2 Å². The highest BCUT2D eigenvalue weighted by Crippen LogP contribution is 2.23. The summed E-state index contributed by atoms with van der Waals surface area (Å²) >= 11 is 1.34. The fraction of sp³-hybridized carbons (Fsp3) is 0.176. The van der Waals surface area contributed by atoms with Crippen molar-refractivity contribution in [3.8, 4) is 0 Å². The lowest BCUT2D eigenvalue weighted by Crippen LogP contribution is -2.12. The van der Waals surface area contributed by atoms with E-state index < -0.39 is 16.8 Å². The number of nitro groups is 1. The number of benzene rings is 2. The van der Waals surface area contributed by atoms with Gasteiger partial charge in [-0.25, -0.2) is 0 Å². The van der Waals surface area contributed by atoms with Gasteiger partial charge in [-0.3, -0.25) is 19.7 Å². The van der Waals surface area contributed by atoms with Gasteiger partial charge in [0.15, 0.2) is 0 Å². The molecule has 1 amide bonds. The van der Waals surface area contributed by atoms with E-state index in [-0.39, 0.29) is 29.2 Å². The number of nitrogens with zero attached hydrogens (tertiary/aromatic N) is 1. The number of rotatable bonds is 7. The molecule has 0 saturated carbocycles. The second-order valence-corrected chi connectivity index (χ2v) is 6.20. The van der Waals surface area contributed by atoms with Gasteiger partial charge in [-0.15, -0.1) is 11.8 Å². The number of hydrogen-bond donors (Lipinski definition) is 1. The highest BCUT2D eigenvalue weighted by atomic mass is 32.2. The van der Waals surface area contributed by atoms with E-state index in [2.05, 4.69) is 0 Å². The van der Waals surface area contributed by atoms with Gasteiger partial charge in [0.05, 0.1) is 16.2 Å². The highest BCUT2D eigenvalue weighted by molar-refractivity contribution is 8.00. The first-order chi connectivity index (χ1) is 11.9. The van der Waals surface area contributed by atoms with Crippen LogP contribution in [0.1, 0.15) is 21.5 Å². The van der Waals surface area contributed by atoms with Crippen molar-refractivity contribution in [1.29, 1.82) is 0 Å². The summed E-state index contributed by atoms with van der Waals surface area (Å²) in [6.45, 7) is 1.69. The van der Waals surface area contributed by atoms with Crippen LogP contribution >= 0.6 is 11.8 Å². The van der Waals surface area contributed by atoms with Crippen LogP contribution in [0.15, 0.2) is 47.4 Å². The number of esters is 1. The van der Waals surface area contributed by atoms with Crippen LogP contribution in [0, 0.1) is 17.0 Å². The van der Waals surface area contributed by atoms with Crippen LogP contribution in [0.3, 0.4) is 0 Å². The minimum absolute atomic E-state index is 0.0249. The van der Waals surface area contributed by atoms with Crippen molar-refractivity contribution in [2.24, 2.45) is 5.73 Å². The molecule has 0 bridgehead atoms. The molecule has 8 heteroatoms. The Bertz CT molecular complexity index is 822. The van der Waals surface area contributed by atoms with Crippen molar-refractivity contribution < 1.29 is 19.2 Å². The number of carbonyl (C=O) groups excluding carboxylic acids is 2. The van der Waals surface area contributed by atoms with Crippen LogP contribution in [-0.2, 0) is 16.1 Å². The molecule has 0 atom stereocenters. The van der Waals surface area contributed by atoms with Crippen molar-refractivity contribution in [1.82, 2.24) is 0 Å². The Morgan fingerprint density at radius 1 is 1.24 bits per heavy atom. The van der Waals surface area contributed by atoms with E-state index in [0.29, 0.717) is 0 Å². The summed E-state index contributed by atoms with van der Waals surface area (Å²) < 4.78 is 5.10. The third-order valence-corrected chi connectivity index (χ3v) is 4.54. The van der Waals surface area contributed by atoms with Gasteiger partial charge < -0.3 is 10.5 Å². The molecule has 130 valence electrons. The first kappa shape index (κ1) is 18.5. The summed E-state index contributed by atoms with van der Waals surface area (Å²) in [5.41, 5.74) is 6.08. The lowest BCUT2D eigenvalue weighted by Gasteiger charge is -2.07. The maximum absolute atomic E-state index is 11.9. The van der Waals surface area contributed by atoms with Crippen LogP contribution in [0.5, 0.6) is 0 Å². The minimum Gasteiger partial charge on any atom is -0.460 e. The van der Waals surface area contributed by atoms with Crippen LogP contribution in [0.2, 0.25) is 0 Å². The molecule has 0 spiro atoms. The maximum Gasteiger partial charge on any atom is 0.316 e. The number of primary amides is 1. The summed E-state index contributed by atoms with van der Waals surface area (Å²) in [5.74, 6) is -1.15. The molecule has 0 unspecified atom stereocenters. The topological polar surface area (TPSA) is 113 Å². The van der Waals surface area contributed by atoms with Gasteiger partial charge >= 0.3 is 5.97 Å². The first-order valence-electron chi connectivity index (χ1n) is 7.29. The molecule has 7 nitrogen and oxygen atoms in total. The first-order valence-corrected chi connectivity index (χ1v) is 8.28. The average molecular weight is 360 g/mol. The normalized spacial score (nSPS) is 10.3. The summed E-state index contributed by atoms with van der Waals surface area (Å²) in [4.78, 5) is 34.4. The molecule has 0 aromatic heterocycles. The zero-order valence-corrected chi connectivity index (χ0v) is 14.2. The predicted octanol–water partition coefficient (Wildman–Crippen LogP) is 2.84. The maximum atomic E-state index is 11.9. The summed E-state index contributed by atoms with van der Waals surface area (Å²) in [5, 5.41) is 11.1. The fourth-order valence-corrected chi connectivity index (χ4v) is 2.89. The Labute approximate surface area is 148 Å². The van der Waals surface area contributed by atoms with E-state index in [1.165, 1.54) is 23.9 Å². The number of nitrogens with two attached hydrogens (primary N) is 1. The molecule has 25 heavy (non-hydrogen) atoms. The molecule has 2 aromatic carbocycles. The van der Waals surface area contributed by atoms with E-state index >= 15 is 0 Å². The van der Waals surface area contributed by atoms with Crippen LogP contribution in [0.4, 0.5) is 5.69 Å². The standard InChI is InChI=1S/C17H16N2O5S/c1-11-4-2-3-5-15(11)25-10-16(20)24-9-13-7-6-12(17(18)21)8-14(13)19(22)23/h2-8H,9-10H2,1H3,(H2,18,21).